The zero-order valence-corrected chi connectivity index (χ0v) is 24.9. The molecule has 0 spiro atoms. The maximum absolute atomic E-state index is 14.7. The van der Waals surface area contributed by atoms with Crippen LogP contribution in [0.1, 0.15) is 44.0 Å². The van der Waals surface area contributed by atoms with Gasteiger partial charge in [0.2, 0.25) is 5.60 Å². The van der Waals surface area contributed by atoms with Crippen molar-refractivity contribution < 1.29 is 32.6 Å². The van der Waals surface area contributed by atoms with E-state index in [4.69, 9.17) is 9.84 Å². The number of ether oxygens (including phenoxy) is 1. The number of benzene rings is 2. The number of anilines is 2. The third kappa shape index (κ3) is 7.38. The molecule has 40 heavy (non-hydrogen) atoms. The van der Waals surface area contributed by atoms with Crippen molar-refractivity contribution in [2.45, 2.75) is 44.8 Å². The Bertz CT molecular complexity index is 1260. The first-order chi connectivity index (χ1) is 18.7. The lowest BCUT2D eigenvalue weighted by Gasteiger charge is -2.43. The molecule has 0 unspecified atom stereocenters. The first-order valence-corrected chi connectivity index (χ1v) is 14.3. The van der Waals surface area contributed by atoms with Crippen LogP contribution >= 0.6 is 22.6 Å². The van der Waals surface area contributed by atoms with E-state index >= 15 is 0 Å². The van der Waals surface area contributed by atoms with E-state index in [0.29, 0.717) is 35.7 Å². The van der Waals surface area contributed by atoms with Crippen molar-refractivity contribution in [1.29, 1.82) is 0 Å². The van der Waals surface area contributed by atoms with Crippen LogP contribution in [0.15, 0.2) is 30.3 Å². The van der Waals surface area contributed by atoms with Gasteiger partial charge in [0.15, 0.2) is 11.6 Å². The normalized spacial score (nSPS) is 17.4. The van der Waals surface area contributed by atoms with E-state index in [-0.39, 0.29) is 30.4 Å². The van der Waals surface area contributed by atoms with E-state index in [1.165, 1.54) is 23.1 Å². The smallest absolute Gasteiger partial charge is 0.410 e. The van der Waals surface area contributed by atoms with Gasteiger partial charge in [-0.05, 0) is 99.0 Å². The molecular formula is C28H35F3IN4O4+. The van der Waals surface area contributed by atoms with E-state index in [1.807, 2.05) is 43.4 Å². The summed E-state index contributed by atoms with van der Waals surface area (Å²) >= 11 is 1.93. The number of piperidine rings is 1. The highest BCUT2D eigenvalue weighted by Crippen LogP contribution is 2.32. The van der Waals surface area contributed by atoms with Crippen LogP contribution in [0.4, 0.5) is 29.3 Å². The summed E-state index contributed by atoms with van der Waals surface area (Å²) in [4.78, 5) is 28.5. The second-order valence-corrected chi connectivity index (χ2v) is 12.8. The number of rotatable bonds is 7. The lowest BCUT2D eigenvalue weighted by atomic mass is 9.91. The number of nitrogens with one attached hydrogen (secondary N) is 2. The summed E-state index contributed by atoms with van der Waals surface area (Å²) in [7, 11) is 0. The molecule has 0 radical (unpaired) electrons. The van der Waals surface area contributed by atoms with E-state index in [2.05, 4.69) is 10.6 Å². The Labute approximate surface area is 245 Å². The highest BCUT2D eigenvalue weighted by molar-refractivity contribution is 14.1. The number of amides is 2. The topological polar surface area (TPSA) is 96.8 Å². The summed E-state index contributed by atoms with van der Waals surface area (Å²) in [5.41, 5.74) is -2.11. The van der Waals surface area contributed by atoms with Crippen LogP contribution in [0.3, 0.4) is 0 Å². The van der Waals surface area contributed by atoms with Crippen molar-refractivity contribution >= 4 is 46.0 Å². The maximum Gasteiger partial charge on any atom is 0.410 e. The molecule has 0 aromatic heterocycles. The number of likely N-dealkylation sites (tertiary alicyclic amines) is 2. The van der Waals surface area contributed by atoms with Crippen LogP contribution in [-0.4, -0.2) is 77.4 Å². The van der Waals surface area contributed by atoms with E-state index in [1.54, 1.807) is 11.0 Å². The molecule has 0 bridgehead atoms. The van der Waals surface area contributed by atoms with Crippen molar-refractivity contribution in [2.24, 2.45) is 5.92 Å². The number of nitrogens with zero attached hydrogens (tertiary/aromatic N) is 2. The molecule has 4 N–H and O–H groups in total. The number of hydrogen-bond acceptors (Lipinski definition) is 5. The largest absolute Gasteiger partial charge is 0.444 e. The summed E-state index contributed by atoms with van der Waals surface area (Å²) in [6, 6.07) is 6.26. The molecule has 12 heteroatoms. The zero-order chi connectivity index (χ0) is 29.2. The average Bonchev–Trinajstić information content (AvgIpc) is 2.85. The fourth-order valence-corrected chi connectivity index (χ4v) is 5.30. The molecular weight excluding hydrogens is 640 g/mol. The Morgan fingerprint density at radius 1 is 1.07 bits per heavy atom. The van der Waals surface area contributed by atoms with Crippen LogP contribution in [0.25, 0.3) is 0 Å². The lowest BCUT2D eigenvalue weighted by molar-refractivity contribution is -0.0789. The third-order valence-electron chi connectivity index (χ3n) is 6.95. The molecule has 2 aliphatic heterocycles. The first-order valence-electron chi connectivity index (χ1n) is 13.2. The zero-order valence-electron chi connectivity index (χ0n) is 22.8. The first kappa shape index (κ1) is 30.4. The monoisotopic (exact) mass is 675 g/mol. The van der Waals surface area contributed by atoms with Crippen LogP contribution < -0.4 is 10.6 Å². The second kappa shape index (κ2) is 12.1. The Morgan fingerprint density at radius 3 is 2.38 bits per heavy atom. The summed E-state index contributed by atoms with van der Waals surface area (Å²) in [6.07, 6.45) is 1.36. The Balaban J connectivity index is 1.28. The Kier molecular flexibility index (Phi) is 9.20. The molecule has 2 amide bonds. The Hall–Kier alpha value is -2.58. The van der Waals surface area contributed by atoms with Crippen molar-refractivity contribution in [1.82, 2.24) is 15.1 Å². The molecule has 4 rings (SSSR count). The molecule has 2 aromatic carbocycles. The van der Waals surface area contributed by atoms with Crippen LogP contribution in [0, 0.1) is 26.9 Å². The van der Waals surface area contributed by atoms with Crippen molar-refractivity contribution in [3.63, 3.8) is 0 Å². The summed E-state index contributed by atoms with van der Waals surface area (Å²) in [5.74, 6) is -3.31. The molecule has 0 saturated carbocycles. The molecule has 2 saturated heterocycles. The maximum atomic E-state index is 14.7. The van der Waals surface area contributed by atoms with Gasteiger partial charge < -0.3 is 30.3 Å². The third-order valence-corrected chi connectivity index (χ3v) is 7.62. The van der Waals surface area contributed by atoms with Gasteiger partial charge in [0.05, 0.1) is 36.6 Å². The van der Waals surface area contributed by atoms with Gasteiger partial charge in [-0.15, -0.1) is 0 Å². The van der Waals surface area contributed by atoms with Crippen LogP contribution in [-0.2, 0) is 4.74 Å². The van der Waals surface area contributed by atoms with Gasteiger partial charge in [-0.3, -0.25) is 4.79 Å². The summed E-state index contributed by atoms with van der Waals surface area (Å²) in [5, 5.41) is 14.5. The molecule has 2 aromatic rings. The predicted octanol–water partition coefficient (Wildman–Crippen LogP) is 4.61. The minimum Gasteiger partial charge on any atom is -0.444 e. The van der Waals surface area contributed by atoms with Gasteiger partial charge in [-0.2, -0.15) is 0 Å². The second-order valence-electron chi connectivity index (χ2n) is 11.5. The molecule has 218 valence electrons. The fourth-order valence-electron chi connectivity index (χ4n) is 4.85. The number of hydrogen-bond donors (Lipinski definition) is 2. The number of halogens is 4. The van der Waals surface area contributed by atoms with Gasteiger partial charge in [-0.25, -0.2) is 18.0 Å². The highest BCUT2D eigenvalue weighted by Gasteiger charge is 2.48. The van der Waals surface area contributed by atoms with E-state index in [0.717, 1.165) is 18.9 Å². The van der Waals surface area contributed by atoms with Gasteiger partial charge >= 0.3 is 6.09 Å². The molecule has 2 aliphatic rings. The predicted molar refractivity (Wildman–Crippen MR) is 154 cm³/mol. The summed E-state index contributed by atoms with van der Waals surface area (Å²) in [6.45, 7) is 8.04. The van der Waals surface area contributed by atoms with Gasteiger partial charge in [0, 0.05) is 16.7 Å². The molecule has 2 fully saturated rings. The molecule has 8 nitrogen and oxygen atoms in total. The highest BCUT2D eigenvalue weighted by atomic mass is 127. The Morgan fingerprint density at radius 2 is 1.75 bits per heavy atom. The number of carbonyl (C=O) groups is 2. The van der Waals surface area contributed by atoms with Gasteiger partial charge in [-0.1, -0.05) is 0 Å². The standard InChI is InChI=1S/C28H34F3IN4O4/c1-27(2,3)40-26(38)35-10-8-17(9-11-35)13-33-14-28(39)15-36(16-28)25(37)19-5-6-20(29)23(31)24(19)34-22-7-4-18(32)12-21(22)30/h4-7,12,17,33-34,39H,8-11,13-16H2,1-3H3/p+1. The average molecular weight is 676 g/mol. The van der Waals surface area contributed by atoms with Crippen molar-refractivity contribution in [3.05, 3.63) is 56.9 Å². The van der Waals surface area contributed by atoms with Gasteiger partial charge in [0.25, 0.3) is 5.91 Å². The summed E-state index contributed by atoms with van der Waals surface area (Å²) < 4.78 is 49.2. The number of carbonyl (C=O) groups excluding carboxylic acids is 2. The van der Waals surface area contributed by atoms with Gasteiger partial charge in [0.1, 0.15) is 11.4 Å². The molecule has 0 atom stereocenters. The fraction of sp³-hybridized carbons (Fsp3) is 0.500. The molecule has 0 aliphatic carbocycles. The minimum atomic E-state index is -1.28. The quantitative estimate of drug-likeness (QED) is 0.331. The van der Waals surface area contributed by atoms with Crippen molar-refractivity contribution in [3.8, 4) is 0 Å². The molecule has 2 heterocycles. The minimum absolute atomic E-state index is 0.0847. The SMILES string of the molecule is CC(C)(C)OC(=O)N1CCC(CNCC2([OH2+])CN(C(=O)c3ccc(F)c(F)c3Nc3ccc(I)cc3F)C2)CC1. The van der Waals surface area contributed by atoms with E-state index < -0.39 is 40.2 Å². The lowest BCUT2D eigenvalue weighted by Crippen LogP contribution is -2.67. The van der Waals surface area contributed by atoms with Crippen LogP contribution in [0.2, 0.25) is 0 Å². The van der Waals surface area contributed by atoms with E-state index in [9.17, 15) is 22.8 Å². The van der Waals surface area contributed by atoms with Crippen LogP contribution in [0.5, 0.6) is 0 Å². The van der Waals surface area contributed by atoms with Crippen molar-refractivity contribution in [2.75, 3.05) is 44.6 Å².